The quantitative estimate of drug-likeness (QED) is 0.730. The van der Waals surface area contributed by atoms with Crippen molar-refractivity contribution in [3.05, 3.63) is 41.5 Å². The maximum Gasteiger partial charge on any atom is 0.415 e. The van der Waals surface area contributed by atoms with Gasteiger partial charge in [-0.25, -0.2) is 22.8 Å². The van der Waals surface area contributed by atoms with Crippen molar-refractivity contribution < 1.29 is 32.2 Å². The number of carbonyl (C=O) groups excluding carboxylic acids is 2. The van der Waals surface area contributed by atoms with E-state index in [1.807, 2.05) is 0 Å². The molecule has 2 fully saturated rings. The molecular formula is C19H18F3N5O4. The monoisotopic (exact) mass is 437 g/mol. The Kier molecular flexibility index (Phi) is 4.54. The van der Waals surface area contributed by atoms with Crippen LogP contribution in [-0.4, -0.2) is 58.2 Å². The van der Waals surface area contributed by atoms with Crippen molar-refractivity contribution >= 4 is 23.5 Å². The van der Waals surface area contributed by atoms with Gasteiger partial charge in [-0.05, 0) is 6.92 Å². The van der Waals surface area contributed by atoms with Crippen LogP contribution in [0, 0.1) is 17.5 Å². The largest absolute Gasteiger partial charge is 0.441 e. The minimum Gasteiger partial charge on any atom is -0.441 e. The fourth-order valence-corrected chi connectivity index (χ4v) is 4.16. The van der Waals surface area contributed by atoms with Crippen LogP contribution in [0.15, 0.2) is 18.3 Å². The van der Waals surface area contributed by atoms with E-state index in [1.54, 1.807) is 17.8 Å². The van der Waals surface area contributed by atoms with Crippen LogP contribution in [0.5, 0.6) is 0 Å². The van der Waals surface area contributed by atoms with Gasteiger partial charge in [0.05, 0.1) is 49.9 Å². The number of benzene rings is 1. The van der Waals surface area contributed by atoms with E-state index in [4.69, 9.17) is 9.47 Å². The van der Waals surface area contributed by atoms with Crippen molar-refractivity contribution in [3.8, 4) is 0 Å². The summed E-state index contributed by atoms with van der Waals surface area (Å²) < 4.78 is 52.6. The Morgan fingerprint density at radius 2 is 1.97 bits per heavy atom. The van der Waals surface area contributed by atoms with Crippen molar-refractivity contribution in [2.75, 3.05) is 23.4 Å². The van der Waals surface area contributed by atoms with E-state index in [9.17, 15) is 22.8 Å². The van der Waals surface area contributed by atoms with Crippen LogP contribution in [0.2, 0.25) is 0 Å². The van der Waals surface area contributed by atoms with Gasteiger partial charge in [0.2, 0.25) is 0 Å². The molecule has 1 aromatic carbocycles. The SMILES string of the molecule is C[C@H]1Cn2ncc(N3C(=O)OC4COCC43)c2CN1C(=O)Nc1cc(F)c(F)c(F)c1. The van der Waals surface area contributed by atoms with Crippen LogP contribution < -0.4 is 10.2 Å². The summed E-state index contributed by atoms with van der Waals surface area (Å²) in [4.78, 5) is 28.2. The van der Waals surface area contributed by atoms with Gasteiger partial charge in [0, 0.05) is 17.8 Å². The Balaban J connectivity index is 1.39. The summed E-state index contributed by atoms with van der Waals surface area (Å²) >= 11 is 0. The van der Waals surface area contributed by atoms with Crippen molar-refractivity contribution in [1.29, 1.82) is 0 Å². The first-order valence-electron chi connectivity index (χ1n) is 9.68. The Morgan fingerprint density at radius 3 is 2.71 bits per heavy atom. The zero-order valence-corrected chi connectivity index (χ0v) is 16.3. The Labute approximate surface area is 174 Å². The minimum absolute atomic E-state index is 0.0938. The second kappa shape index (κ2) is 7.15. The van der Waals surface area contributed by atoms with Gasteiger partial charge in [0.25, 0.3) is 0 Å². The van der Waals surface area contributed by atoms with Crippen LogP contribution in [-0.2, 0) is 22.6 Å². The van der Waals surface area contributed by atoms with Gasteiger partial charge in [-0.2, -0.15) is 5.10 Å². The number of amides is 3. The lowest BCUT2D eigenvalue weighted by molar-refractivity contribution is 0.103. The summed E-state index contributed by atoms with van der Waals surface area (Å²) in [7, 11) is 0. The van der Waals surface area contributed by atoms with E-state index in [2.05, 4.69) is 10.4 Å². The lowest BCUT2D eigenvalue weighted by Crippen LogP contribution is -2.47. The number of halogens is 3. The maximum absolute atomic E-state index is 13.5. The highest BCUT2D eigenvalue weighted by Gasteiger charge is 2.48. The number of nitrogens with zero attached hydrogens (tertiary/aromatic N) is 4. The molecule has 1 aromatic heterocycles. The summed E-state index contributed by atoms with van der Waals surface area (Å²) in [5.74, 6) is -4.41. The average Bonchev–Trinajstić information content (AvgIpc) is 3.39. The van der Waals surface area contributed by atoms with Gasteiger partial charge in [0.15, 0.2) is 23.6 Å². The zero-order valence-electron chi connectivity index (χ0n) is 16.3. The summed E-state index contributed by atoms with van der Waals surface area (Å²) in [5.41, 5.74) is 0.933. The highest BCUT2D eigenvalue weighted by Crippen LogP contribution is 2.35. The lowest BCUT2D eigenvalue weighted by atomic mass is 10.1. The second-order valence-electron chi connectivity index (χ2n) is 7.72. The van der Waals surface area contributed by atoms with E-state index in [0.29, 0.717) is 43.3 Å². The van der Waals surface area contributed by atoms with E-state index in [1.165, 1.54) is 9.80 Å². The van der Waals surface area contributed by atoms with Crippen LogP contribution in [0.1, 0.15) is 12.6 Å². The Morgan fingerprint density at radius 1 is 1.23 bits per heavy atom. The fraction of sp³-hybridized carbons (Fsp3) is 0.421. The third-order valence-electron chi connectivity index (χ3n) is 5.75. The highest BCUT2D eigenvalue weighted by molar-refractivity contribution is 5.92. The number of urea groups is 1. The molecule has 0 spiro atoms. The van der Waals surface area contributed by atoms with E-state index >= 15 is 0 Å². The normalized spacial score (nSPS) is 24.8. The van der Waals surface area contributed by atoms with Gasteiger partial charge < -0.3 is 19.7 Å². The second-order valence-corrected chi connectivity index (χ2v) is 7.72. The predicted octanol–water partition coefficient (Wildman–Crippen LogP) is 2.46. The minimum atomic E-state index is -1.61. The van der Waals surface area contributed by atoms with Gasteiger partial charge in [0.1, 0.15) is 6.04 Å². The number of aromatic nitrogens is 2. The lowest BCUT2D eigenvalue weighted by Gasteiger charge is -2.35. The maximum atomic E-state index is 13.5. The molecule has 2 saturated heterocycles. The molecule has 2 unspecified atom stereocenters. The zero-order chi connectivity index (χ0) is 21.9. The molecule has 0 aliphatic carbocycles. The molecule has 0 saturated carbocycles. The molecule has 3 atom stereocenters. The molecule has 1 N–H and O–H groups in total. The van der Waals surface area contributed by atoms with E-state index in [-0.39, 0.29) is 30.4 Å². The molecule has 5 rings (SSSR count). The first-order valence-corrected chi connectivity index (χ1v) is 9.68. The van der Waals surface area contributed by atoms with Gasteiger partial charge >= 0.3 is 12.1 Å². The molecule has 4 heterocycles. The Hall–Kier alpha value is -3.28. The molecule has 0 bridgehead atoms. The molecule has 12 heteroatoms. The average molecular weight is 437 g/mol. The highest BCUT2D eigenvalue weighted by atomic mass is 19.2. The predicted molar refractivity (Wildman–Crippen MR) is 99.9 cm³/mol. The molecule has 2 aromatic rings. The standard InChI is InChI=1S/C19H18F3N5O4/c1-9-5-26-14(13(4-23-26)27-15-7-30-8-16(15)31-19(27)29)6-25(9)18(28)24-10-2-11(20)17(22)12(21)3-10/h2-4,9,15-16H,5-8H2,1H3,(H,24,28)/t9-,15?,16?/m0/s1. The third-order valence-corrected chi connectivity index (χ3v) is 5.75. The summed E-state index contributed by atoms with van der Waals surface area (Å²) in [6.07, 6.45) is 0.699. The van der Waals surface area contributed by atoms with E-state index < -0.39 is 29.6 Å². The number of hydrogen-bond acceptors (Lipinski definition) is 5. The first kappa shape index (κ1) is 19.7. The first-order chi connectivity index (χ1) is 14.8. The van der Waals surface area contributed by atoms with Crippen molar-refractivity contribution in [2.45, 2.75) is 38.2 Å². The number of carbonyl (C=O) groups is 2. The van der Waals surface area contributed by atoms with Gasteiger partial charge in [-0.3, -0.25) is 9.58 Å². The number of anilines is 2. The molecule has 3 amide bonds. The summed E-state index contributed by atoms with van der Waals surface area (Å²) in [6, 6.07) is 0.223. The summed E-state index contributed by atoms with van der Waals surface area (Å²) in [6.45, 7) is 2.90. The third kappa shape index (κ3) is 3.17. The molecule has 9 nitrogen and oxygen atoms in total. The molecular weight excluding hydrogens is 419 g/mol. The molecule has 3 aliphatic rings. The molecule has 164 valence electrons. The van der Waals surface area contributed by atoms with Crippen molar-refractivity contribution in [2.24, 2.45) is 0 Å². The molecule has 31 heavy (non-hydrogen) atoms. The summed E-state index contributed by atoms with van der Waals surface area (Å²) in [5, 5.41) is 6.73. The van der Waals surface area contributed by atoms with Crippen LogP contribution in [0.3, 0.4) is 0 Å². The Bertz CT molecular complexity index is 1050. The number of hydrogen-bond donors (Lipinski definition) is 1. The van der Waals surface area contributed by atoms with Crippen LogP contribution in [0.25, 0.3) is 0 Å². The smallest absolute Gasteiger partial charge is 0.415 e. The fourth-order valence-electron chi connectivity index (χ4n) is 4.16. The topological polar surface area (TPSA) is 88.9 Å². The van der Waals surface area contributed by atoms with Crippen LogP contribution in [0.4, 0.5) is 34.1 Å². The molecule has 0 radical (unpaired) electrons. The van der Waals surface area contributed by atoms with Crippen molar-refractivity contribution in [1.82, 2.24) is 14.7 Å². The number of nitrogens with one attached hydrogen (secondary N) is 1. The number of rotatable bonds is 2. The van der Waals surface area contributed by atoms with Crippen LogP contribution >= 0.6 is 0 Å². The number of ether oxygens (including phenoxy) is 2. The van der Waals surface area contributed by atoms with Gasteiger partial charge in [-0.1, -0.05) is 0 Å². The molecule has 3 aliphatic heterocycles. The van der Waals surface area contributed by atoms with Gasteiger partial charge in [-0.15, -0.1) is 0 Å². The number of fused-ring (bicyclic) bond motifs is 2. The van der Waals surface area contributed by atoms with E-state index in [0.717, 1.165) is 0 Å². The van der Waals surface area contributed by atoms with Crippen molar-refractivity contribution in [3.63, 3.8) is 0 Å².